The Morgan fingerprint density at radius 3 is 2.58 bits per heavy atom. The first kappa shape index (κ1) is 11.7. The van der Waals surface area contributed by atoms with Crippen LogP contribution < -0.4 is 5.32 Å². The molecule has 0 aliphatic rings. The van der Waals surface area contributed by atoms with E-state index in [0.29, 0.717) is 12.1 Å². The number of hydrogen-bond acceptors (Lipinski definition) is 2. The lowest BCUT2D eigenvalue weighted by molar-refractivity contribution is 0.0796. The van der Waals surface area contributed by atoms with Crippen molar-refractivity contribution in [1.82, 2.24) is 5.32 Å². The van der Waals surface area contributed by atoms with Gasteiger partial charge >= 0.3 is 0 Å². The Bertz CT molecular complexity index is 112. The molecule has 0 fully saturated rings. The number of ether oxygens (including phenoxy) is 1. The Balaban J connectivity index is 3.13. The highest BCUT2D eigenvalue weighted by Gasteiger charge is 1.97. The number of nitrogens with one attached hydrogen (secondary N) is 1. The van der Waals surface area contributed by atoms with E-state index < -0.39 is 0 Å². The highest BCUT2D eigenvalue weighted by Crippen LogP contribution is 1.90. The Morgan fingerprint density at radius 1 is 1.42 bits per heavy atom. The minimum absolute atomic E-state index is 0.335. The summed E-state index contributed by atoms with van der Waals surface area (Å²) in [4.78, 5) is 0. The van der Waals surface area contributed by atoms with Gasteiger partial charge in [0.05, 0.1) is 12.7 Å². The average molecular weight is 171 g/mol. The first-order valence-corrected chi connectivity index (χ1v) is 4.62. The van der Waals surface area contributed by atoms with Crippen molar-refractivity contribution in [3.8, 4) is 0 Å². The molecule has 0 aromatic rings. The van der Waals surface area contributed by atoms with Gasteiger partial charge in [0.15, 0.2) is 0 Å². The topological polar surface area (TPSA) is 21.3 Å². The molecule has 0 spiro atoms. The van der Waals surface area contributed by atoms with Crippen molar-refractivity contribution in [2.24, 2.45) is 0 Å². The highest BCUT2D eigenvalue weighted by molar-refractivity contribution is 4.74. The summed E-state index contributed by atoms with van der Waals surface area (Å²) in [5.41, 5.74) is 0. The highest BCUT2D eigenvalue weighted by atomic mass is 16.5. The van der Waals surface area contributed by atoms with Crippen molar-refractivity contribution in [3.63, 3.8) is 0 Å². The zero-order valence-electron chi connectivity index (χ0n) is 8.47. The molecule has 1 N–H and O–H groups in total. The van der Waals surface area contributed by atoms with E-state index in [-0.39, 0.29) is 0 Å². The molecule has 12 heavy (non-hydrogen) atoms. The van der Waals surface area contributed by atoms with Gasteiger partial charge in [0.25, 0.3) is 0 Å². The van der Waals surface area contributed by atoms with Gasteiger partial charge in [0.1, 0.15) is 0 Å². The van der Waals surface area contributed by atoms with Crippen LogP contribution >= 0.6 is 0 Å². The van der Waals surface area contributed by atoms with E-state index in [9.17, 15) is 0 Å². The van der Waals surface area contributed by atoms with Crippen molar-refractivity contribution in [3.05, 3.63) is 12.7 Å². The summed E-state index contributed by atoms with van der Waals surface area (Å²) in [7, 11) is 0. The molecular weight excluding hydrogens is 150 g/mol. The van der Waals surface area contributed by atoms with E-state index in [1.807, 2.05) is 19.9 Å². The lowest BCUT2D eigenvalue weighted by Gasteiger charge is -2.12. The second kappa shape index (κ2) is 7.32. The maximum atomic E-state index is 5.38. The second-order valence-electron chi connectivity index (χ2n) is 3.30. The molecule has 72 valence electrons. The summed E-state index contributed by atoms with van der Waals surface area (Å²) in [5.74, 6) is 0. The zero-order valence-corrected chi connectivity index (χ0v) is 8.47. The predicted octanol–water partition coefficient (Wildman–Crippen LogP) is 1.97. The van der Waals surface area contributed by atoms with Gasteiger partial charge in [0.2, 0.25) is 0 Å². The molecule has 1 unspecified atom stereocenters. The lowest BCUT2D eigenvalue weighted by Crippen LogP contribution is -2.29. The van der Waals surface area contributed by atoms with E-state index >= 15 is 0 Å². The minimum atomic E-state index is 0.335. The third kappa shape index (κ3) is 7.76. The van der Waals surface area contributed by atoms with Crippen LogP contribution in [0.25, 0.3) is 0 Å². The van der Waals surface area contributed by atoms with Gasteiger partial charge < -0.3 is 10.1 Å². The van der Waals surface area contributed by atoms with E-state index in [4.69, 9.17) is 4.74 Å². The third-order valence-corrected chi connectivity index (χ3v) is 1.57. The number of hydrogen-bond donors (Lipinski definition) is 1. The Labute approximate surface area is 76.0 Å². The van der Waals surface area contributed by atoms with Crippen molar-refractivity contribution < 1.29 is 4.74 Å². The van der Waals surface area contributed by atoms with Gasteiger partial charge in [-0.05, 0) is 27.2 Å². The molecule has 0 aromatic carbocycles. The quantitative estimate of drug-likeness (QED) is 0.467. The Hall–Kier alpha value is -0.340. The molecule has 0 bridgehead atoms. The van der Waals surface area contributed by atoms with Gasteiger partial charge in [-0.2, -0.15) is 0 Å². The summed E-state index contributed by atoms with van der Waals surface area (Å²) < 4.78 is 5.38. The average Bonchev–Trinajstić information content (AvgIpc) is 1.98. The summed E-state index contributed by atoms with van der Waals surface area (Å²) in [6.07, 6.45) is 3.28. The summed E-state index contributed by atoms with van der Waals surface area (Å²) in [6.45, 7) is 11.6. The van der Waals surface area contributed by atoms with Crippen LogP contribution in [0.1, 0.15) is 27.2 Å². The van der Waals surface area contributed by atoms with Crippen LogP contribution in [0.5, 0.6) is 0 Å². The fraction of sp³-hybridized carbons (Fsp3) is 0.800. The zero-order chi connectivity index (χ0) is 9.40. The standard InChI is InChI=1S/C10H21NO/c1-5-6-10(4)11-7-8-12-9(2)3/h5,9-11H,1,6-8H2,2-4H3. The molecule has 0 saturated carbocycles. The molecule has 0 saturated heterocycles. The van der Waals surface area contributed by atoms with Crippen LogP contribution in [-0.2, 0) is 4.74 Å². The molecule has 0 rings (SSSR count). The molecule has 0 aliphatic heterocycles. The summed E-state index contributed by atoms with van der Waals surface area (Å²) in [6, 6.07) is 0.512. The van der Waals surface area contributed by atoms with Gasteiger partial charge in [-0.25, -0.2) is 0 Å². The van der Waals surface area contributed by atoms with Crippen molar-refractivity contribution in [1.29, 1.82) is 0 Å². The van der Waals surface area contributed by atoms with Gasteiger partial charge in [-0.3, -0.25) is 0 Å². The largest absolute Gasteiger partial charge is 0.377 e. The monoisotopic (exact) mass is 171 g/mol. The fourth-order valence-electron chi connectivity index (χ4n) is 0.933. The lowest BCUT2D eigenvalue weighted by atomic mass is 10.2. The van der Waals surface area contributed by atoms with Gasteiger partial charge in [0, 0.05) is 12.6 Å². The van der Waals surface area contributed by atoms with Crippen molar-refractivity contribution in [2.75, 3.05) is 13.2 Å². The first-order chi connectivity index (χ1) is 5.66. The third-order valence-electron chi connectivity index (χ3n) is 1.57. The van der Waals surface area contributed by atoms with Crippen LogP contribution in [-0.4, -0.2) is 25.3 Å². The summed E-state index contributed by atoms with van der Waals surface area (Å²) >= 11 is 0. The maximum absolute atomic E-state index is 5.38. The SMILES string of the molecule is C=CCC(C)NCCOC(C)C. The van der Waals surface area contributed by atoms with E-state index in [1.54, 1.807) is 0 Å². The molecule has 2 heteroatoms. The molecule has 0 radical (unpaired) electrons. The van der Waals surface area contributed by atoms with Gasteiger partial charge in [-0.1, -0.05) is 6.08 Å². The van der Waals surface area contributed by atoms with E-state index in [1.165, 1.54) is 0 Å². The predicted molar refractivity (Wildman–Crippen MR) is 53.4 cm³/mol. The van der Waals surface area contributed by atoms with Crippen LogP contribution in [0.2, 0.25) is 0 Å². The van der Waals surface area contributed by atoms with Crippen LogP contribution in [0, 0.1) is 0 Å². The molecule has 0 heterocycles. The van der Waals surface area contributed by atoms with Crippen LogP contribution in [0.3, 0.4) is 0 Å². The van der Waals surface area contributed by atoms with E-state index in [2.05, 4.69) is 18.8 Å². The smallest absolute Gasteiger partial charge is 0.0594 e. The summed E-state index contributed by atoms with van der Waals surface area (Å²) in [5, 5.41) is 3.34. The minimum Gasteiger partial charge on any atom is -0.377 e. The van der Waals surface area contributed by atoms with E-state index in [0.717, 1.165) is 19.6 Å². The molecular formula is C10H21NO. The molecule has 2 nitrogen and oxygen atoms in total. The molecule has 1 atom stereocenters. The van der Waals surface area contributed by atoms with Gasteiger partial charge in [-0.15, -0.1) is 6.58 Å². The Kier molecular flexibility index (Phi) is 7.11. The molecule has 0 aromatic heterocycles. The van der Waals surface area contributed by atoms with Crippen LogP contribution in [0.15, 0.2) is 12.7 Å². The second-order valence-corrected chi connectivity index (χ2v) is 3.30. The molecule has 0 amide bonds. The normalized spacial score (nSPS) is 13.3. The fourth-order valence-corrected chi connectivity index (χ4v) is 0.933. The molecule has 0 aliphatic carbocycles. The first-order valence-electron chi connectivity index (χ1n) is 4.62. The van der Waals surface area contributed by atoms with Crippen LogP contribution in [0.4, 0.5) is 0 Å². The van der Waals surface area contributed by atoms with Crippen molar-refractivity contribution >= 4 is 0 Å². The number of rotatable bonds is 7. The van der Waals surface area contributed by atoms with Crippen molar-refractivity contribution in [2.45, 2.75) is 39.3 Å². The maximum Gasteiger partial charge on any atom is 0.0594 e. The Morgan fingerprint density at radius 2 is 2.08 bits per heavy atom.